The van der Waals surface area contributed by atoms with Crippen LogP contribution < -0.4 is 19.3 Å². The normalized spacial score (nSPS) is 25.0. The molecule has 26 heavy (non-hydrogen) atoms. The second-order valence-corrected chi connectivity index (χ2v) is 8.44. The number of nitrogens with one attached hydrogen (secondary N) is 2. The summed E-state index contributed by atoms with van der Waals surface area (Å²) in [6, 6.07) is 13.5. The summed E-state index contributed by atoms with van der Waals surface area (Å²) in [7, 11) is 5.81. The van der Waals surface area contributed by atoms with Gasteiger partial charge >= 0.3 is 0 Å². The minimum atomic E-state index is 0.467. The maximum absolute atomic E-state index is 5.54. The van der Waals surface area contributed by atoms with Crippen LogP contribution in [0, 0.1) is 0 Å². The monoisotopic (exact) mass is 372 g/mol. The fourth-order valence-electron chi connectivity index (χ4n) is 4.12. The molecular weight excluding hydrogens is 344 g/mol. The van der Waals surface area contributed by atoms with Crippen molar-refractivity contribution in [2.24, 2.45) is 0 Å². The predicted molar refractivity (Wildman–Crippen MR) is 104 cm³/mol. The molecule has 1 atom stereocenters. The first-order valence-corrected chi connectivity index (χ1v) is 10.2. The van der Waals surface area contributed by atoms with Gasteiger partial charge in [0.05, 0.1) is 21.3 Å². The zero-order chi connectivity index (χ0) is 18.1. The fraction of sp³-hybridized carbons (Fsp3) is 0.429. The highest BCUT2D eigenvalue weighted by Crippen LogP contribution is 2.42. The van der Waals surface area contributed by atoms with Crippen LogP contribution in [0.15, 0.2) is 46.2 Å². The first-order chi connectivity index (χ1) is 12.7. The van der Waals surface area contributed by atoms with Gasteiger partial charge in [0, 0.05) is 21.8 Å². The summed E-state index contributed by atoms with van der Waals surface area (Å²) in [6.45, 7) is 4.92. The Hall–Kier alpha value is -1.69. The third kappa shape index (κ3) is 3.43. The molecule has 4 rings (SSSR count). The first-order valence-electron chi connectivity index (χ1n) is 9.36. The molecule has 138 valence electrons. The summed E-state index contributed by atoms with van der Waals surface area (Å²) in [5, 5.41) is 0. The summed E-state index contributed by atoms with van der Waals surface area (Å²) in [6.07, 6.45) is 1.05. The minimum Gasteiger partial charge on any atom is -0.497 e. The van der Waals surface area contributed by atoms with E-state index in [1.54, 1.807) is 24.0 Å². The molecule has 2 aromatic carbocycles. The largest absolute Gasteiger partial charge is 0.497 e. The molecule has 0 spiro atoms. The molecule has 4 nitrogen and oxygen atoms in total. The van der Waals surface area contributed by atoms with Crippen molar-refractivity contribution in [3.63, 3.8) is 0 Å². The van der Waals surface area contributed by atoms with E-state index in [1.807, 2.05) is 11.8 Å². The van der Waals surface area contributed by atoms with Crippen LogP contribution in [0.3, 0.4) is 0 Å². The molecule has 0 aromatic heterocycles. The predicted octanol–water partition coefficient (Wildman–Crippen LogP) is 0.865. The van der Waals surface area contributed by atoms with Crippen molar-refractivity contribution in [2.75, 3.05) is 47.4 Å². The lowest BCUT2D eigenvalue weighted by atomic mass is 9.96. The van der Waals surface area contributed by atoms with Crippen molar-refractivity contribution in [3.05, 3.63) is 47.5 Å². The molecule has 0 saturated carbocycles. The van der Waals surface area contributed by atoms with Gasteiger partial charge in [-0.1, -0.05) is 11.8 Å². The number of hydrogen-bond donors (Lipinski definition) is 2. The number of rotatable bonds is 3. The van der Waals surface area contributed by atoms with E-state index in [0.717, 1.165) is 17.9 Å². The molecule has 0 bridgehead atoms. The molecule has 0 unspecified atom stereocenters. The zero-order valence-electron chi connectivity index (χ0n) is 15.8. The van der Waals surface area contributed by atoms with Gasteiger partial charge in [-0.15, -0.1) is 0 Å². The highest BCUT2D eigenvalue weighted by atomic mass is 32.2. The first kappa shape index (κ1) is 17.7. The Morgan fingerprint density at radius 1 is 0.885 bits per heavy atom. The van der Waals surface area contributed by atoms with Gasteiger partial charge in [-0.25, -0.2) is 0 Å². The van der Waals surface area contributed by atoms with Crippen LogP contribution in [0.2, 0.25) is 0 Å². The zero-order valence-corrected chi connectivity index (χ0v) is 16.6. The summed E-state index contributed by atoms with van der Waals surface area (Å²) in [5.74, 6) is 1.90. The lowest BCUT2D eigenvalue weighted by molar-refractivity contribution is -1.02. The van der Waals surface area contributed by atoms with Gasteiger partial charge in [0.15, 0.2) is 0 Å². The van der Waals surface area contributed by atoms with Crippen LogP contribution in [0.4, 0.5) is 0 Å². The number of ether oxygens (including phenoxy) is 2. The van der Waals surface area contributed by atoms with Crippen LogP contribution >= 0.6 is 11.8 Å². The molecule has 2 aliphatic rings. The van der Waals surface area contributed by atoms with E-state index >= 15 is 0 Å². The Morgan fingerprint density at radius 3 is 2.23 bits per heavy atom. The molecular formula is C21H28N2O2S+2. The molecule has 2 N–H and O–H groups in total. The fourth-order valence-corrected chi connectivity index (χ4v) is 5.22. The molecule has 1 saturated heterocycles. The third-order valence-electron chi connectivity index (χ3n) is 5.74. The highest BCUT2D eigenvalue weighted by Gasteiger charge is 2.34. The van der Waals surface area contributed by atoms with Crippen molar-refractivity contribution in [2.45, 2.75) is 22.3 Å². The summed E-state index contributed by atoms with van der Waals surface area (Å²) in [4.78, 5) is 6.04. The maximum Gasteiger partial charge on any atom is 0.127 e. The maximum atomic E-state index is 5.54. The van der Waals surface area contributed by atoms with E-state index in [4.69, 9.17) is 9.47 Å². The highest BCUT2D eigenvalue weighted by molar-refractivity contribution is 7.99. The Morgan fingerprint density at radius 2 is 1.54 bits per heavy atom. The van der Waals surface area contributed by atoms with Gasteiger partial charge in [0.25, 0.3) is 0 Å². The van der Waals surface area contributed by atoms with Gasteiger partial charge in [0.2, 0.25) is 0 Å². The standard InChI is InChI=1S/C21H26N2O2S/c1-22-8-10-23(11-9-22)19-13-15-12-16(24-2)4-6-20(15)26-21-7-5-17(25-3)14-18(19)21/h4-7,12,14,19H,8-11,13H2,1-3H3/p+2/t19-/m1/s1. The Labute approximate surface area is 160 Å². The van der Waals surface area contributed by atoms with Crippen LogP contribution in [0.1, 0.15) is 17.2 Å². The number of piperazine rings is 1. The average Bonchev–Trinajstić information content (AvgIpc) is 2.84. The summed E-state index contributed by atoms with van der Waals surface area (Å²) in [5.41, 5.74) is 2.83. The van der Waals surface area contributed by atoms with E-state index in [-0.39, 0.29) is 0 Å². The quantitative estimate of drug-likeness (QED) is 0.837. The van der Waals surface area contributed by atoms with E-state index in [2.05, 4.69) is 43.4 Å². The second-order valence-electron chi connectivity index (χ2n) is 7.35. The minimum absolute atomic E-state index is 0.467. The molecule has 0 amide bonds. The van der Waals surface area contributed by atoms with Crippen LogP contribution in [0.5, 0.6) is 11.5 Å². The number of fused-ring (bicyclic) bond motifs is 2. The van der Waals surface area contributed by atoms with Crippen molar-refractivity contribution in [1.29, 1.82) is 0 Å². The van der Waals surface area contributed by atoms with E-state index in [1.165, 1.54) is 47.1 Å². The van der Waals surface area contributed by atoms with Crippen molar-refractivity contribution in [3.8, 4) is 11.5 Å². The number of likely N-dealkylation sites (N-methyl/N-ethyl adjacent to an activating group) is 1. The molecule has 2 heterocycles. The third-order valence-corrected chi connectivity index (χ3v) is 6.95. The van der Waals surface area contributed by atoms with Gasteiger partial charge in [-0.05, 0) is 42.0 Å². The molecule has 2 aromatic rings. The van der Waals surface area contributed by atoms with E-state index in [9.17, 15) is 0 Å². The molecule has 5 heteroatoms. The van der Waals surface area contributed by atoms with Crippen LogP contribution in [-0.2, 0) is 6.42 Å². The Kier molecular flexibility index (Phi) is 5.11. The van der Waals surface area contributed by atoms with Crippen molar-refractivity contribution >= 4 is 11.8 Å². The SMILES string of the molecule is COc1ccc2c(c1)C[C@@H]([NH+]1CC[NH+](C)CC1)c1cc(OC)ccc1S2. The number of hydrogen-bond acceptors (Lipinski definition) is 3. The molecule has 0 aliphatic carbocycles. The van der Waals surface area contributed by atoms with Crippen LogP contribution in [0.25, 0.3) is 0 Å². The lowest BCUT2D eigenvalue weighted by Crippen LogP contribution is -3.27. The summed E-state index contributed by atoms with van der Waals surface area (Å²) >= 11 is 1.88. The topological polar surface area (TPSA) is 27.3 Å². The Bertz CT molecular complexity index is 788. The molecule has 2 aliphatic heterocycles. The molecule has 1 fully saturated rings. The van der Waals surface area contributed by atoms with E-state index in [0.29, 0.717) is 6.04 Å². The number of quaternary nitrogens is 2. The Balaban J connectivity index is 1.76. The number of benzene rings is 2. The smallest absolute Gasteiger partial charge is 0.127 e. The average molecular weight is 373 g/mol. The second kappa shape index (κ2) is 7.51. The van der Waals surface area contributed by atoms with Crippen molar-refractivity contribution < 1.29 is 19.3 Å². The van der Waals surface area contributed by atoms with Gasteiger partial charge in [0.1, 0.15) is 43.7 Å². The van der Waals surface area contributed by atoms with E-state index < -0.39 is 0 Å². The van der Waals surface area contributed by atoms with Gasteiger partial charge < -0.3 is 19.3 Å². The van der Waals surface area contributed by atoms with Crippen LogP contribution in [-0.4, -0.2) is 47.4 Å². The number of methoxy groups -OCH3 is 2. The lowest BCUT2D eigenvalue weighted by Gasteiger charge is -2.33. The molecule has 0 radical (unpaired) electrons. The van der Waals surface area contributed by atoms with Crippen molar-refractivity contribution in [1.82, 2.24) is 0 Å². The van der Waals surface area contributed by atoms with Gasteiger partial charge in [-0.3, -0.25) is 0 Å². The summed E-state index contributed by atoms with van der Waals surface area (Å²) < 4.78 is 11.0. The van der Waals surface area contributed by atoms with Gasteiger partial charge in [-0.2, -0.15) is 0 Å².